The van der Waals surface area contributed by atoms with Crippen LogP contribution < -0.4 is 0 Å². The van der Waals surface area contributed by atoms with Crippen LogP contribution in [-0.2, 0) is 6.42 Å². The zero-order valence-corrected chi connectivity index (χ0v) is 9.85. The topological polar surface area (TPSA) is 38.7 Å². The van der Waals surface area contributed by atoms with Crippen LogP contribution in [0, 0.1) is 0 Å². The van der Waals surface area contributed by atoms with Crippen molar-refractivity contribution >= 4 is 22.9 Å². The van der Waals surface area contributed by atoms with Crippen molar-refractivity contribution in [3.8, 4) is 10.8 Å². The Morgan fingerprint density at radius 1 is 1.40 bits per heavy atom. The van der Waals surface area contributed by atoms with Crippen LogP contribution in [0.1, 0.15) is 19.0 Å². The summed E-state index contributed by atoms with van der Waals surface area (Å²) in [7, 11) is 0. The molecule has 0 atom stereocenters. The van der Waals surface area contributed by atoms with Crippen molar-refractivity contribution in [2.45, 2.75) is 19.8 Å². The maximum absolute atomic E-state index is 5.93. The first kappa shape index (κ1) is 10.5. The average Bonchev–Trinajstić information content (AvgIpc) is 2.70. The lowest BCUT2D eigenvalue weighted by atomic mass is 10.2. The van der Waals surface area contributed by atoms with Gasteiger partial charge in [-0.15, -0.1) is 11.3 Å². The standard InChI is InChI=1S/C10H10ClN3S/c1-2-3-7-6-8(11)14-9(13-7)10-12-4-5-15-10/h4-6H,2-3H2,1H3. The lowest BCUT2D eigenvalue weighted by molar-refractivity contribution is 0.875. The first-order valence-electron chi connectivity index (χ1n) is 4.73. The van der Waals surface area contributed by atoms with E-state index < -0.39 is 0 Å². The molecule has 0 fully saturated rings. The molecule has 3 nitrogen and oxygen atoms in total. The lowest BCUT2D eigenvalue weighted by Crippen LogP contribution is -1.95. The summed E-state index contributed by atoms with van der Waals surface area (Å²) < 4.78 is 0. The number of aryl methyl sites for hydroxylation is 1. The fourth-order valence-electron chi connectivity index (χ4n) is 1.28. The Balaban J connectivity index is 2.40. The first-order chi connectivity index (χ1) is 7.29. The smallest absolute Gasteiger partial charge is 0.190 e. The second-order valence-electron chi connectivity index (χ2n) is 3.09. The van der Waals surface area contributed by atoms with E-state index in [0.717, 1.165) is 23.5 Å². The second-order valence-corrected chi connectivity index (χ2v) is 4.37. The Labute approximate surface area is 97.2 Å². The van der Waals surface area contributed by atoms with E-state index in [-0.39, 0.29) is 0 Å². The van der Waals surface area contributed by atoms with E-state index in [1.54, 1.807) is 6.20 Å². The number of aromatic nitrogens is 3. The van der Waals surface area contributed by atoms with E-state index in [1.807, 2.05) is 11.4 Å². The molecule has 0 saturated heterocycles. The molecule has 0 aliphatic rings. The molecule has 0 aliphatic carbocycles. The predicted molar refractivity (Wildman–Crippen MR) is 62.1 cm³/mol. The van der Waals surface area contributed by atoms with Crippen LogP contribution in [0.2, 0.25) is 5.15 Å². The zero-order chi connectivity index (χ0) is 10.7. The Bertz CT molecular complexity index is 442. The van der Waals surface area contributed by atoms with Gasteiger partial charge in [0, 0.05) is 17.3 Å². The van der Waals surface area contributed by atoms with Gasteiger partial charge < -0.3 is 0 Å². The fourth-order valence-corrected chi connectivity index (χ4v) is 2.05. The van der Waals surface area contributed by atoms with E-state index in [4.69, 9.17) is 11.6 Å². The lowest BCUT2D eigenvalue weighted by Gasteiger charge is -2.01. The molecule has 2 heterocycles. The van der Waals surface area contributed by atoms with Crippen LogP contribution in [0.5, 0.6) is 0 Å². The number of nitrogens with zero attached hydrogens (tertiary/aromatic N) is 3. The van der Waals surface area contributed by atoms with Crippen molar-refractivity contribution < 1.29 is 0 Å². The van der Waals surface area contributed by atoms with Crippen LogP contribution in [-0.4, -0.2) is 15.0 Å². The van der Waals surface area contributed by atoms with Crippen molar-refractivity contribution in [2.75, 3.05) is 0 Å². The Hall–Kier alpha value is -1.00. The molecule has 2 rings (SSSR count). The molecule has 0 radical (unpaired) electrons. The predicted octanol–water partition coefficient (Wildman–Crippen LogP) is 3.21. The molecule has 0 bridgehead atoms. The maximum Gasteiger partial charge on any atom is 0.190 e. The minimum Gasteiger partial charge on any atom is -0.241 e. The van der Waals surface area contributed by atoms with Crippen LogP contribution in [0.3, 0.4) is 0 Å². The highest BCUT2D eigenvalue weighted by Crippen LogP contribution is 2.20. The number of thiazole rings is 1. The van der Waals surface area contributed by atoms with Crippen molar-refractivity contribution in [1.82, 2.24) is 15.0 Å². The van der Waals surface area contributed by atoms with Gasteiger partial charge in [0.25, 0.3) is 0 Å². The summed E-state index contributed by atoms with van der Waals surface area (Å²) in [6.07, 6.45) is 3.70. The molecule has 0 N–H and O–H groups in total. The summed E-state index contributed by atoms with van der Waals surface area (Å²) in [5.41, 5.74) is 0.975. The molecule has 78 valence electrons. The number of hydrogen-bond acceptors (Lipinski definition) is 4. The Morgan fingerprint density at radius 3 is 2.93 bits per heavy atom. The highest BCUT2D eigenvalue weighted by molar-refractivity contribution is 7.13. The third-order valence-corrected chi connectivity index (χ3v) is 2.84. The van der Waals surface area contributed by atoms with Crippen LogP contribution in [0.15, 0.2) is 17.6 Å². The fraction of sp³-hybridized carbons (Fsp3) is 0.300. The minimum atomic E-state index is 0.485. The van der Waals surface area contributed by atoms with E-state index in [2.05, 4.69) is 21.9 Å². The van der Waals surface area contributed by atoms with Crippen molar-refractivity contribution in [2.24, 2.45) is 0 Å². The molecule has 0 saturated carbocycles. The van der Waals surface area contributed by atoms with Gasteiger partial charge in [-0.25, -0.2) is 15.0 Å². The van der Waals surface area contributed by atoms with Crippen LogP contribution in [0.4, 0.5) is 0 Å². The van der Waals surface area contributed by atoms with Gasteiger partial charge in [-0.3, -0.25) is 0 Å². The number of hydrogen-bond donors (Lipinski definition) is 0. The van der Waals surface area contributed by atoms with Gasteiger partial charge >= 0.3 is 0 Å². The Morgan fingerprint density at radius 2 is 2.27 bits per heavy atom. The van der Waals surface area contributed by atoms with Crippen molar-refractivity contribution in [3.05, 3.63) is 28.5 Å². The summed E-state index contributed by atoms with van der Waals surface area (Å²) >= 11 is 7.45. The summed E-state index contributed by atoms with van der Waals surface area (Å²) in [6.45, 7) is 2.11. The highest BCUT2D eigenvalue weighted by atomic mass is 35.5. The summed E-state index contributed by atoms with van der Waals surface area (Å²) in [5.74, 6) is 0.626. The van der Waals surface area contributed by atoms with Gasteiger partial charge in [-0.05, 0) is 12.5 Å². The molecule has 0 unspecified atom stereocenters. The second kappa shape index (κ2) is 4.68. The normalized spacial score (nSPS) is 10.5. The monoisotopic (exact) mass is 239 g/mol. The zero-order valence-electron chi connectivity index (χ0n) is 8.27. The first-order valence-corrected chi connectivity index (χ1v) is 5.98. The van der Waals surface area contributed by atoms with Gasteiger partial charge in [0.1, 0.15) is 5.15 Å². The van der Waals surface area contributed by atoms with Gasteiger partial charge in [-0.2, -0.15) is 0 Å². The molecular formula is C10H10ClN3S. The molecule has 0 amide bonds. The molecule has 0 spiro atoms. The van der Waals surface area contributed by atoms with E-state index >= 15 is 0 Å². The average molecular weight is 240 g/mol. The quantitative estimate of drug-likeness (QED) is 0.772. The third-order valence-electron chi connectivity index (χ3n) is 1.88. The minimum absolute atomic E-state index is 0.485. The molecule has 15 heavy (non-hydrogen) atoms. The summed E-state index contributed by atoms with van der Waals surface area (Å²) in [5, 5.41) is 3.20. The maximum atomic E-state index is 5.93. The van der Waals surface area contributed by atoms with E-state index in [1.165, 1.54) is 11.3 Å². The van der Waals surface area contributed by atoms with Gasteiger partial charge in [0.15, 0.2) is 10.8 Å². The molecule has 5 heteroatoms. The van der Waals surface area contributed by atoms with Crippen LogP contribution >= 0.6 is 22.9 Å². The number of halogens is 1. The molecule has 2 aromatic heterocycles. The van der Waals surface area contributed by atoms with Crippen molar-refractivity contribution in [1.29, 1.82) is 0 Å². The van der Waals surface area contributed by atoms with Crippen molar-refractivity contribution in [3.63, 3.8) is 0 Å². The van der Waals surface area contributed by atoms with Gasteiger partial charge in [0.05, 0.1) is 0 Å². The third kappa shape index (κ3) is 2.52. The van der Waals surface area contributed by atoms with Gasteiger partial charge in [0.2, 0.25) is 0 Å². The SMILES string of the molecule is CCCc1cc(Cl)nc(-c2nccs2)n1. The van der Waals surface area contributed by atoms with Gasteiger partial charge in [-0.1, -0.05) is 24.9 Å². The molecular weight excluding hydrogens is 230 g/mol. The van der Waals surface area contributed by atoms with Crippen LogP contribution in [0.25, 0.3) is 10.8 Å². The largest absolute Gasteiger partial charge is 0.241 e. The highest BCUT2D eigenvalue weighted by Gasteiger charge is 2.07. The molecule has 2 aromatic rings. The summed E-state index contributed by atoms with van der Waals surface area (Å²) in [4.78, 5) is 12.7. The summed E-state index contributed by atoms with van der Waals surface area (Å²) in [6, 6.07) is 1.81. The molecule has 0 aromatic carbocycles. The molecule has 0 aliphatic heterocycles. The van der Waals surface area contributed by atoms with E-state index in [9.17, 15) is 0 Å². The Kier molecular flexibility index (Phi) is 3.28. The number of rotatable bonds is 3. The van der Waals surface area contributed by atoms with E-state index in [0.29, 0.717) is 11.0 Å².